The van der Waals surface area contributed by atoms with Crippen molar-refractivity contribution in [2.24, 2.45) is 7.05 Å². The van der Waals surface area contributed by atoms with Crippen LogP contribution in [0.3, 0.4) is 0 Å². The zero-order chi connectivity index (χ0) is 12.0. The number of aryl methyl sites for hydroxylation is 1. The van der Waals surface area contributed by atoms with Gasteiger partial charge in [-0.25, -0.2) is 0 Å². The fourth-order valence-corrected chi connectivity index (χ4v) is 2.09. The Hall–Kier alpha value is -1.94. The van der Waals surface area contributed by atoms with E-state index in [0.717, 1.165) is 11.1 Å². The molecular formula is C12H10ClN3O. The van der Waals surface area contributed by atoms with Gasteiger partial charge in [0.2, 0.25) is 0 Å². The van der Waals surface area contributed by atoms with Crippen molar-refractivity contribution in [2.45, 2.75) is 0 Å². The number of halogens is 1. The lowest BCUT2D eigenvalue weighted by atomic mass is 10.2. The molecule has 0 unspecified atom stereocenters. The number of fused-ring (bicyclic) bond motifs is 1. The van der Waals surface area contributed by atoms with E-state index < -0.39 is 0 Å². The summed E-state index contributed by atoms with van der Waals surface area (Å²) in [6.07, 6.45) is 0. The number of nitrogens with zero attached hydrogens (tertiary/aromatic N) is 2. The molecule has 0 atom stereocenters. The minimum absolute atomic E-state index is 0.467. The molecule has 0 bridgehead atoms. The van der Waals surface area contributed by atoms with E-state index in [9.17, 15) is 0 Å². The predicted molar refractivity (Wildman–Crippen MR) is 67.8 cm³/mol. The zero-order valence-corrected chi connectivity index (χ0v) is 9.90. The second-order valence-corrected chi connectivity index (χ2v) is 4.25. The van der Waals surface area contributed by atoms with Gasteiger partial charge in [-0.3, -0.25) is 4.68 Å². The van der Waals surface area contributed by atoms with Crippen molar-refractivity contribution >= 4 is 28.4 Å². The molecule has 3 aromatic rings. The summed E-state index contributed by atoms with van der Waals surface area (Å²) in [5, 5.41) is 5.65. The van der Waals surface area contributed by atoms with Gasteiger partial charge in [-0.2, -0.15) is 5.10 Å². The summed E-state index contributed by atoms with van der Waals surface area (Å²) in [6.45, 7) is 0. The van der Waals surface area contributed by atoms with Gasteiger partial charge in [0.15, 0.2) is 11.3 Å². The van der Waals surface area contributed by atoms with Crippen LogP contribution >= 0.6 is 11.6 Å². The summed E-state index contributed by atoms with van der Waals surface area (Å²) in [4.78, 5) is 0. The lowest BCUT2D eigenvalue weighted by molar-refractivity contribution is 0.618. The normalized spacial score (nSPS) is 11.2. The van der Waals surface area contributed by atoms with Gasteiger partial charge in [-0.05, 0) is 12.1 Å². The van der Waals surface area contributed by atoms with E-state index in [2.05, 4.69) is 5.10 Å². The minimum Gasteiger partial charge on any atom is -0.453 e. The summed E-state index contributed by atoms with van der Waals surface area (Å²) < 4.78 is 7.41. The Balaban J connectivity index is 2.25. The number of hydrogen-bond donors (Lipinski definition) is 1. The molecule has 0 saturated heterocycles. The number of furan rings is 1. The smallest absolute Gasteiger partial charge is 0.153 e. The third-order valence-corrected chi connectivity index (χ3v) is 2.94. The Morgan fingerprint density at radius 2 is 2.18 bits per heavy atom. The first-order valence-electron chi connectivity index (χ1n) is 5.13. The molecule has 0 fully saturated rings. The highest BCUT2D eigenvalue weighted by atomic mass is 35.5. The van der Waals surface area contributed by atoms with Crippen LogP contribution in [0.2, 0.25) is 5.02 Å². The first kappa shape index (κ1) is 10.2. The highest BCUT2D eigenvalue weighted by Crippen LogP contribution is 2.32. The maximum atomic E-state index is 6.06. The highest BCUT2D eigenvalue weighted by molar-refractivity contribution is 6.34. The summed E-state index contributed by atoms with van der Waals surface area (Å²) in [6, 6.07) is 9.34. The van der Waals surface area contributed by atoms with Crippen LogP contribution in [0, 0.1) is 0 Å². The van der Waals surface area contributed by atoms with Gasteiger partial charge in [0.1, 0.15) is 11.5 Å². The van der Waals surface area contributed by atoms with Crippen LogP contribution in [-0.2, 0) is 7.05 Å². The van der Waals surface area contributed by atoms with E-state index in [4.69, 9.17) is 21.8 Å². The highest BCUT2D eigenvalue weighted by Gasteiger charge is 2.12. The number of para-hydroxylation sites is 1. The summed E-state index contributed by atoms with van der Waals surface area (Å²) in [7, 11) is 1.82. The van der Waals surface area contributed by atoms with Gasteiger partial charge in [-0.1, -0.05) is 23.7 Å². The fraction of sp³-hybridized carbons (Fsp3) is 0.0833. The molecule has 3 rings (SSSR count). The molecule has 0 aliphatic rings. The van der Waals surface area contributed by atoms with E-state index in [1.54, 1.807) is 16.8 Å². The van der Waals surface area contributed by atoms with Crippen molar-refractivity contribution in [1.82, 2.24) is 9.78 Å². The molecule has 2 heterocycles. The lowest BCUT2D eigenvalue weighted by Gasteiger charge is -1.95. The third kappa shape index (κ3) is 1.57. The second kappa shape index (κ2) is 3.53. The Labute approximate surface area is 103 Å². The van der Waals surface area contributed by atoms with Crippen LogP contribution in [0.5, 0.6) is 0 Å². The van der Waals surface area contributed by atoms with E-state index in [1.165, 1.54) is 0 Å². The number of anilines is 1. The largest absolute Gasteiger partial charge is 0.453 e. The maximum Gasteiger partial charge on any atom is 0.153 e. The molecule has 5 heteroatoms. The van der Waals surface area contributed by atoms with Crippen molar-refractivity contribution in [2.75, 3.05) is 5.73 Å². The van der Waals surface area contributed by atoms with Crippen LogP contribution < -0.4 is 5.73 Å². The van der Waals surface area contributed by atoms with Gasteiger partial charge in [-0.15, -0.1) is 0 Å². The summed E-state index contributed by atoms with van der Waals surface area (Å²) in [5.74, 6) is 1.17. The molecule has 17 heavy (non-hydrogen) atoms. The molecular weight excluding hydrogens is 238 g/mol. The SMILES string of the molecule is Cn1nc(N)cc1-c1cc2cccc(Cl)c2o1. The molecule has 2 aromatic heterocycles. The van der Waals surface area contributed by atoms with Crippen molar-refractivity contribution < 1.29 is 4.42 Å². The van der Waals surface area contributed by atoms with Crippen LogP contribution in [0.1, 0.15) is 0 Å². The third-order valence-electron chi connectivity index (χ3n) is 2.65. The standard InChI is InChI=1S/C12H10ClN3O/c1-16-9(6-11(14)15-16)10-5-7-3-2-4-8(13)12(7)17-10/h2-6H,1H3,(H2,14,15). The van der Waals surface area contributed by atoms with E-state index in [1.807, 2.05) is 25.2 Å². The molecule has 0 radical (unpaired) electrons. The van der Waals surface area contributed by atoms with Gasteiger partial charge < -0.3 is 10.2 Å². The summed E-state index contributed by atoms with van der Waals surface area (Å²) >= 11 is 6.06. The lowest BCUT2D eigenvalue weighted by Crippen LogP contribution is -1.93. The first-order valence-corrected chi connectivity index (χ1v) is 5.51. The van der Waals surface area contributed by atoms with E-state index in [-0.39, 0.29) is 0 Å². The zero-order valence-electron chi connectivity index (χ0n) is 9.14. The second-order valence-electron chi connectivity index (χ2n) is 3.85. The number of benzene rings is 1. The van der Waals surface area contributed by atoms with Gasteiger partial charge in [0, 0.05) is 18.5 Å². The molecule has 0 spiro atoms. The quantitative estimate of drug-likeness (QED) is 0.719. The monoisotopic (exact) mass is 247 g/mol. The molecule has 0 saturated carbocycles. The average Bonchev–Trinajstić information content (AvgIpc) is 2.82. The molecule has 0 aliphatic heterocycles. The van der Waals surface area contributed by atoms with Crippen LogP contribution in [-0.4, -0.2) is 9.78 Å². The van der Waals surface area contributed by atoms with Crippen LogP contribution in [0.15, 0.2) is 34.7 Å². The van der Waals surface area contributed by atoms with Crippen molar-refractivity contribution in [3.8, 4) is 11.5 Å². The molecule has 86 valence electrons. The predicted octanol–water partition coefficient (Wildman–Crippen LogP) is 3.07. The Morgan fingerprint density at radius 1 is 1.35 bits per heavy atom. The molecule has 1 aromatic carbocycles. The van der Waals surface area contributed by atoms with Crippen LogP contribution in [0.25, 0.3) is 22.4 Å². The van der Waals surface area contributed by atoms with Crippen molar-refractivity contribution in [3.05, 3.63) is 35.4 Å². The molecule has 0 amide bonds. The molecule has 4 nitrogen and oxygen atoms in total. The van der Waals surface area contributed by atoms with E-state index >= 15 is 0 Å². The Morgan fingerprint density at radius 3 is 2.82 bits per heavy atom. The average molecular weight is 248 g/mol. The van der Waals surface area contributed by atoms with Gasteiger partial charge in [0.25, 0.3) is 0 Å². The Kier molecular flexibility index (Phi) is 2.12. The summed E-state index contributed by atoms with van der Waals surface area (Å²) in [5.41, 5.74) is 7.15. The topological polar surface area (TPSA) is 57.0 Å². The number of aromatic nitrogens is 2. The van der Waals surface area contributed by atoms with Gasteiger partial charge in [0.05, 0.1) is 5.02 Å². The first-order chi connectivity index (χ1) is 8.15. The number of hydrogen-bond acceptors (Lipinski definition) is 3. The molecule has 2 N–H and O–H groups in total. The number of rotatable bonds is 1. The van der Waals surface area contributed by atoms with Crippen molar-refractivity contribution in [3.63, 3.8) is 0 Å². The van der Waals surface area contributed by atoms with Crippen LogP contribution in [0.4, 0.5) is 5.82 Å². The number of nitrogen functional groups attached to an aromatic ring is 1. The Bertz CT molecular complexity index is 699. The molecule has 0 aliphatic carbocycles. The minimum atomic E-state index is 0.467. The maximum absolute atomic E-state index is 6.06. The fourth-order valence-electron chi connectivity index (χ4n) is 1.87. The van der Waals surface area contributed by atoms with Gasteiger partial charge >= 0.3 is 0 Å². The van der Waals surface area contributed by atoms with E-state index in [0.29, 0.717) is 22.2 Å². The number of nitrogens with two attached hydrogens (primary N) is 1. The van der Waals surface area contributed by atoms with Crippen molar-refractivity contribution in [1.29, 1.82) is 0 Å².